The van der Waals surface area contributed by atoms with Gasteiger partial charge in [0.15, 0.2) is 0 Å². The summed E-state index contributed by atoms with van der Waals surface area (Å²) in [5, 5.41) is 0. The Balaban J connectivity index is 2.21. The molecule has 0 unspecified atom stereocenters. The van der Waals surface area contributed by atoms with E-state index in [1.165, 1.54) is 0 Å². The quantitative estimate of drug-likeness (QED) is 0.504. The predicted molar refractivity (Wildman–Crippen MR) is 66.9 cm³/mol. The van der Waals surface area contributed by atoms with Crippen LogP contribution in [0.25, 0.3) is 0 Å². The van der Waals surface area contributed by atoms with Crippen LogP contribution < -0.4 is 0 Å². The lowest BCUT2D eigenvalue weighted by Gasteiger charge is -2.31. The van der Waals surface area contributed by atoms with E-state index in [1.54, 1.807) is 0 Å². The lowest BCUT2D eigenvalue weighted by molar-refractivity contribution is -0.150. The van der Waals surface area contributed by atoms with E-state index in [0.717, 1.165) is 52.1 Å². The molecule has 4 heteroatoms. The maximum atomic E-state index is 11.6. The number of ether oxygens (including phenoxy) is 2. The molecule has 1 saturated heterocycles. The van der Waals surface area contributed by atoms with Gasteiger partial charge in [0.2, 0.25) is 0 Å². The smallest absolute Gasteiger partial charge is 0.310 e. The zero-order valence-electron chi connectivity index (χ0n) is 11.1. The highest BCUT2D eigenvalue weighted by atomic mass is 16.5. The third-order valence-corrected chi connectivity index (χ3v) is 3.03. The average Bonchev–Trinajstić information content (AvgIpc) is 2.35. The Labute approximate surface area is 104 Å². The lowest BCUT2D eigenvalue weighted by Crippen LogP contribution is -2.40. The van der Waals surface area contributed by atoms with Gasteiger partial charge in [-0.1, -0.05) is 6.92 Å². The van der Waals surface area contributed by atoms with Gasteiger partial charge in [0.25, 0.3) is 0 Å². The van der Waals surface area contributed by atoms with Crippen LogP contribution >= 0.6 is 0 Å². The van der Waals surface area contributed by atoms with Gasteiger partial charge in [-0.05, 0) is 32.7 Å². The van der Waals surface area contributed by atoms with Crippen molar-refractivity contribution in [3.05, 3.63) is 0 Å². The number of nitrogens with zero attached hydrogens (tertiary/aromatic N) is 1. The fourth-order valence-electron chi connectivity index (χ4n) is 2.15. The Kier molecular flexibility index (Phi) is 7.21. The molecule has 1 heterocycles. The molecule has 1 aliphatic rings. The maximum Gasteiger partial charge on any atom is 0.310 e. The lowest BCUT2D eigenvalue weighted by atomic mass is 9.98. The minimum absolute atomic E-state index is 0.0355. The Bertz CT molecular complexity index is 221. The van der Waals surface area contributed by atoms with Crippen LogP contribution in [0.1, 0.15) is 33.1 Å². The standard InChI is InChI=1S/C13H25NO3/c1-3-9-16-10-8-14-7-5-6-12(11-14)13(15)17-4-2/h12H,3-11H2,1-2H3/t12-/m1/s1. The number of hydrogen-bond donors (Lipinski definition) is 0. The summed E-state index contributed by atoms with van der Waals surface area (Å²) in [4.78, 5) is 13.9. The average molecular weight is 243 g/mol. The van der Waals surface area contributed by atoms with Crippen molar-refractivity contribution >= 4 is 5.97 Å². The van der Waals surface area contributed by atoms with Crippen molar-refractivity contribution in [2.75, 3.05) is 39.5 Å². The summed E-state index contributed by atoms with van der Waals surface area (Å²) in [5.41, 5.74) is 0. The van der Waals surface area contributed by atoms with Crippen LogP contribution in [0.3, 0.4) is 0 Å². The van der Waals surface area contributed by atoms with E-state index < -0.39 is 0 Å². The van der Waals surface area contributed by atoms with Gasteiger partial charge in [0, 0.05) is 19.7 Å². The van der Waals surface area contributed by atoms with Crippen molar-refractivity contribution in [1.29, 1.82) is 0 Å². The molecule has 1 atom stereocenters. The second-order valence-corrected chi connectivity index (χ2v) is 4.50. The third kappa shape index (κ3) is 5.50. The van der Waals surface area contributed by atoms with Gasteiger partial charge in [-0.15, -0.1) is 0 Å². The molecule has 0 N–H and O–H groups in total. The van der Waals surface area contributed by atoms with Crippen molar-refractivity contribution < 1.29 is 14.3 Å². The molecule has 0 aromatic carbocycles. The van der Waals surface area contributed by atoms with Crippen LogP contribution in [0.5, 0.6) is 0 Å². The molecule has 0 aromatic rings. The van der Waals surface area contributed by atoms with Gasteiger partial charge in [-0.25, -0.2) is 0 Å². The first-order valence-corrected chi connectivity index (χ1v) is 6.74. The van der Waals surface area contributed by atoms with E-state index in [4.69, 9.17) is 9.47 Å². The van der Waals surface area contributed by atoms with Gasteiger partial charge in [-0.2, -0.15) is 0 Å². The summed E-state index contributed by atoms with van der Waals surface area (Å²) >= 11 is 0. The summed E-state index contributed by atoms with van der Waals surface area (Å²) in [6.45, 7) is 8.87. The van der Waals surface area contributed by atoms with E-state index in [-0.39, 0.29) is 11.9 Å². The zero-order valence-corrected chi connectivity index (χ0v) is 11.1. The first-order chi connectivity index (χ1) is 8.27. The van der Waals surface area contributed by atoms with Gasteiger partial charge in [0.05, 0.1) is 19.1 Å². The molecule has 1 fully saturated rings. The van der Waals surface area contributed by atoms with Gasteiger partial charge < -0.3 is 14.4 Å². The first-order valence-electron chi connectivity index (χ1n) is 6.74. The Morgan fingerprint density at radius 3 is 2.88 bits per heavy atom. The van der Waals surface area contributed by atoms with E-state index in [9.17, 15) is 4.79 Å². The summed E-state index contributed by atoms with van der Waals surface area (Å²) < 4.78 is 10.5. The highest BCUT2D eigenvalue weighted by Crippen LogP contribution is 2.17. The molecule has 0 aliphatic carbocycles. The largest absolute Gasteiger partial charge is 0.466 e. The SMILES string of the molecule is CCCOCCN1CCC[C@@H](C(=O)OCC)C1. The topological polar surface area (TPSA) is 38.8 Å². The summed E-state index contributed by atoms with van der Waals surface area (Å²) in [7, 11) is 0. The number of esters is 1. The predicted octanol–water partition coefficient (Wildman–Crippen LogP) is 1.69. The summed E-state index contributed by atoms with van der Waals surface area (Å²) in [6.07, 6.45) is 3.11. The van der Waals surface area contributed by atoms with Crippen molar-refractivity contribution in [2.45, 2.75) is 33.1 Å². The molecule has 0 saturated carbocycles. The Morgan fingerprint density at radius 1 is 1.35 bits per heavy atom. The molecule has 100 valence electrons. The molecule has 1 rings (SSSR count). The third-order valence-electron chi connectivity index (χ3n) is 3.03. The maximum absolute atomic E-state index is 11.6. The number of likely N-dealkylation sites (tertiary alicyclic amines) is 1. The number of carbonyl (C=O) groups excluding carboxylic acids is 1. The molecule has 0 amide bonds. The number of piperidine rings is 1. The van der Waals surface area contributed by atoms with Crippen LogP contribution in [0.2, 0.25) is 0 Å². The van der Waals surface area contributed by atoms with E-state index in [1.807, 2.05) is 6.92 Å². The monoisotopic (exact) mass is 243 g/mol. The van der Waals surface area contributed by atoms with Crippen LogP contribution in [-0.4, -0.2) is 50.3 Å². The van der Waals surface area contributed by atoms with Gasteiger partial charge >= 0.3 is 5.97 Å². The molecule has 0 radical (unpaired) electrons. The summed E-state index contributed by atoms with van der Waals surface area (Å²) in [5.74, 6) is 0.0292. The van der Waals surface area contributed by atoms with E-state index >= 15 is 0 Å². The van der Waals surface area contributed by atoms with E-state index in [0.29, 0.717) is 6.61 Å². The summed E-state index contributed by atoms with van der Waals surface area (Å²) in [6, 6.07) is 0. The number of hydrogen-bond acceptors (Lipinski definition) is 4. The van der Waals surface area contributed by atoms with E-state index in [2.05, 4.69) is 11.8 Å². The molecule has 0 bridgehead atoms. The molecular formula is C13H25NO3. The molecule has 17 heavy (non-hydrogen) atoms. The fourth-order valence-corrected chi connectivity index (χ4v) is 2.15. The molecular weight excluding hydrogens is 218 g/mol. The molecule has 0 spiro atoms. The second-order valence-electron chi connectivity index (χ2n) is 4.50. The van der Waals surface area contributed by atoms with Crippen LogP contribution in [0, 0.1) is 5.92 Å². The molecule has 0 aromatic heterocycles. The van der Waals surface area contributed by atoms with Crippen LogP contribution in [-0.2, 0) is 14.3 Å². The first kappa shape index (κ1) is 14.5. The van der Waals surface area contributed by atoms with Crippen molar-refractivity contribution in [3.63, 3.8) is 0 Å². The minimum atomic E-state index is -0.0355. The Hall–Kier alpha value is -0.610. The van der Waals surface area contributed by atoms with Crippen LogP contribution in [0.4, 0.5) is 0 Å². The molecule has 4 nitrogen and oxygen atoms in total. The van der Waals surface area contributed by atoms with Crippen LogP contribution in [0.15, 0.2) is 0 Å². The number of rotatable bonds is 7. The van der Waals surface area contributed by atoms with Gasteiger partial charge in [-0.3, -0.25) is 4.79 Å². The Morgan fingerprint density at radius 2 is 2.18 bits per heavy atom. The normalized spacial score (nSPS) is 21.4. The second kappa shape index (κ2) is 8.48. The fraction of sp³-hybridized carbons (Fsp3) is 0.923. The van der Waals surface area contributed by atoms with Crippen molar-refractivity contribution in [1.82, 2.24) is 4.90 Å². The molecule has 1 aliphatic heterocycles. The number of carbonyl (C=O) groups is 1. The highest BCUT2D eigenvalue weighted by molar-refractivity contribution is 5.72. The minimum Gasteiger partial charge on any atom is -0.466 e. The van der Waals surface area contributed by atoms with Gasteiger partial charge in [0.1, 0.15) is 0 Å². The highest BCUT2D eigenvalue weighted by Gasteiger charge is 2.26. The zero-order chi connectivity index (χ0) is 12.5. The van der Waals surface area contributed by atoms with Crippen molar-refractivity contribution in [2.24, 2.45) is 5.92 Å². The van der Waals surface area contributed by atoms with Crippen molar-refractivity contribution in [3.8, 4) is 0 Å².